The Bertz CT molecular complexity index is 1330. The van der Waals surface area contributed by atoms with Crippen LogP contribution >= 0.6 is 0 Å². The van der Waals surface area contributed by atoms with E-state index in [0.29, 0.717) is 24.8 Å². The number of rotatable bonds is 9. The van der Waals surface area contributed by atoms with Crippen molar-refractivity contribution in [2.45, 2.75) is 59.5 Å². The summed E-state index contributed by atoms with van der Waals surface area (Å²) in [6.45, 7) is 9.57. The second-order valence-corrected chi connectivity index (χ2v) is 10.8. The summed E-state index contributed by atoms with van der Waals surface area (Å²) in [5, 5.41) is 7.91. The highest BCUT2D eigenvalue weighted by Crippen LogP contribution is 2.24. The zero-order valence-electron chi connectivity index (χ0n) is 22.1. The lowest BCUT2D eigenvalue weighted by Gasteiger charge is -2.30. The smallest absolute Gasteiger partial charge is 0.220 e. The van der Waals surface area contributed by atoms with Gasteiger partial charge in [0.1, 0.15) is 5.52 Å². The normalized spacial score (nSPS) is 15.0. The Morgan fingerprint density at radius 1 is 1.11 bits per heavy atom. The maximum absolute atomic E-state index is 12.7. The Labute approximate surface area is 218 Å². The van der Waals surface area contributed by atoms with Crippen molar-refractivity contribution < 1.29 is 9.21 Å². The molecule has 3 heterocycles. The summed E-state index contributed by atoms with van der Waals surface area (Å²) in [6, 6.07) is 18.4. The van der Waals surface area contributed by atoms with Crippen LogP contribution < -0.4 is 5.32 Å². The SMILES string of the molecule is Cc1ccc2nc(CN3CCC(CC(=O)NCc4cc(CC(C)C)n(-c5ccccc5)n4)CC3)oc2c1. The largest absolute Gasteiger partial charge is 0.439 e. The van der Waals surface area contributed by atoms with Crippen molar-refractivity contribution in [2.75, 3.05) is 13.1 Å². The summed E-state index contributed by atoms with van der Waals surface area (Å²) in [5.74, 6) is 1.80. The lowest BCUT2D eigenvalue weighted by Crippen LogP contribution is -2.35. The van der Waals surface area contributed by atoms with Crippen molar-refractivity contribution in [2.24, 2.45) is 11.8 Å². The van der Waals surface area contributed by atoms with Gasteiger partial charge < -0.3 is 9.73 Å². The lowest BCUT2D eigenvalue weighted by molar-refractivity contribution is -0.122. The molecule has 0 spiro atoms. The van der Waals surface area contributed by atoms with Gasteiger partial charge >= 0.3 is 0 Å². The molecule has 1 amide bonds. The minimum Gasteiger partial charge on any atom is -0.439 e. The van der Waals surface area contributed by atoms with Gasteiger partial charge in [0.15, 0.2) is 5.58 Å². The number of amides is 1. The van der Waals surface area contributed by atoms with Gasteiger partial charge in [0, 0.05) is 12.1 Å². The van der Waals surface area contributed by atoms with Gasteiger partial charge in [-0.15, -0.1) is 0 Å². The van der Waals surface area contributed by atoms with Gasteiger partial charge in [-0.2, -0.15) is 5.10 Å². The number of carbonyl (C=O) groups excluding carboxylic acids is 1. The highest BCUT2D eigenvalue weighted by Gasteiger charge is 2.23. The van der Waals surface area contributed by atoms with E-state index in [4.69, 9.17) is 9.52 Å². The number of likely N-dealkylation sites (tertiary alicyclic amines) is 1. The molecule has 194 valence electrons. The van der Waals surface area contributed by atoms with Crippen LogP contribution in [0.25, 0.3) is 16.8 Å². The fourth-order valence-electron chi connectivity index (χ4n) is 5.13. The molecule has 37 heavy (non-hydrogen) atoms. The molecule has 0 saturated carbocycles. The average molecular weight is 500 g/mol. The van der Waals surface area contributed by atoms with E-state index >= 15 is 0 Å². The molecule has 0 radical (unpaired) electrons. The van der Waals surface area contributed by atoms with Gasteiger partial charge in [0.2, 0.25) is 11.8 Å². The van der Waals surface area contributed by atoms with Gasteiger partial charge in [0.05, 0.1) is 24.5 Å². The van der Waals surface area contributed by atoms with Gasteiger partial charge in [-0.3, -0.25) is 9.69 Å². The van der Waals surface area contributed by atoms with Crippen molar-refractivity contribution in [1.82, 2.24) is 25.0 Å². The highest BCUT2D eigenvalue weighted by atomic mass is 16.3. The van der Waals surface area contributed by atoms with Crippen LogP contribution in [0, 0.1) is 18.8 Å². The van der Waals surface area contributed by atoms with E-state index in [1.54, 1.807) is 0 Å². The number of carbonyl (C=O) groups is 1. The number of nitrogens with one attached hydrogen (secondary N) is 1. The van der Waals surface area contributed by atoms with Crippen LogP contribution in [0.4, 0.5) is 0 Å². The summed E-state index contributed by atoms with van der Waals surface area (Å²) in [7, 11) is 0. The van der Waals surface area contributed by atoms with E-state index < -0.39 is 0 Å². The van der Waals surface area contributed by atoms with Gasteiger partial charge in [-0.05, 0) is 87.0 Å². The fraction of sp³-hybridized carbons (Fsp3) is 0.433. The van der Waals surface area contributed by atoms with Gasteiger partial charge in [-0.1, -0.05) is 38.1 Å². The van der Waals surface area contributed by atoms with Crippen molar-refractivity contribution in [3.05, 3.63) is 77.4 Å². The first-order valence-electron chi connectivity index (χ1n) is 13.4. The zero-order valence-corrected chi connectivity index (χ0v) is 22.1. The van der Waals surface area contributed by atoms with Crippen LogP contribution in [0.1, 0.15) is 56.0 Å². The number of nitrogens with zero attached hydrogens (tertiary/aromatic N) is 4. The predicted molar refractivity (Wildman–Crippen MR) is 145 cm³/mol. The molecule has 7 nitrogen and oxygen atoms in total. The van der Waals surface area contributed by atoms with Gasteiger partial charge in [-0.25, -0.2) is 9.67 Å². The monoisotopic (exact) mass is 499 g/mol. The van der Waals surface area contributed by atoms with E-state index in [2.05, 4.69) is 60.2 Å². The number of aromatic nitrogens is 3. The maximum Gasteiger partial charge on any atom is 0.220 e. The molecule has 2 aromatic heterocycles. The number of oxazole rings is 1. The molecule has 7 heteroatoms. The minimum atomic E-state index is 0.104. The highest BCUT2D eigenvalue weighted by molar-refractivity contribution is 5.76. The molecule has 1 saturated heterocycles. The number of aryl methyl sites for hydroxylation is 1. The number of hydrogen-bond donors (Lipinski definition) is 1. The minimum absolute atomic E-state index is 0.104. The fourth-order valence-corrected chi connectivity index (χ4v) is 5.13. The Hall–Kier alpha value is -3.45. The van der Waals surface area contributed by atoms with E-state index in [9.17, 15) is 4.79 Å². The topological polar surface area (TPSA) is 76.2 Å². The standard InChI is InChI=1S/C30H37N5O2/c1-21(2)15-26-18-24(33-35(26)25-7-5-4-6-8-25)19-31-29(36)17-23-11-13-34(14-12-23)20-30-32-27-10-9-22(3)16-28(27)37-30/h4-10,16,18,21,23H,11-15,17,19-20H2,1-3H3,(H,31,36). The molecule has 0 unspecified atom stereocenters. The molecule has 4 aromatic rings. The number of benzene rings is 2. The zero-order chi connectivity index (χ0) is 25.8. The number of piperidine rings is 1. The average Bonchev–Trinajstić information content (AvgIpc) is 3.47. The van der Waals surface area contributed by atoms with E-state index in [1.807, 2.05) is 35.0 Å². The van der Waals surface area contributed by atoms with Crippen molar-refractivity contribution in [3.8, 4) is 5.69 Å². The van der Waals surface area contributed by atoms with Crippen LogP contribution in [0.3, 0.4) is 0 Å². The molecule has 1 aliphatic heterocycles. The first-order chi connectivity index (χ1) is 17.9. The summed E-state index contributed by atoms with van der Waals surface area (Å²) in [5.41, 5.74) is 6.07. The Morgan fingerprint density at radius 3 is 2.65 bits per heavy atom. The summed E-state index contributed by atoms with van der Waals surface area (Å²) in [6.07, 6.45) is 3.52. The van der Waals surface area contributed by atoms with Crippen LogP contribution in [0.5, 0.6) is 0 Å². The molecule has 1 aliphatic rings. The van der Waals surface area contributed by atoms with E-state index in [0.717, 1.165) is 67.3 Å². The number of para-hydroxylation sites is 1. The quantitative estimate of drug-likeness (QED) is 0.332. The second kappa shape index (κ2) is 11.3. The first-order valence-corrected chi connectivity index (χ1v) is 13.4. The molecule has 5 rings (SSSR count). The molecule has 0 aliphatic carbocycles. The van der Waals surface area contributed by atoms with E-state index in [-0.39, 0.29) is 5.91 Å². The third-order valence-electron chi connectivity index (χ3n) is 7.05. The van der Waals surface area contributed by atoms with Gasteiger partial charge in [0.25, 0.3) is 0 Å². The van der Waals surface area contributed by atoms with Crippen LogP contribution in [-0.4, -0.2) is 38.7 Å². The van der Waals surface area contributed by atoms with Crippen LogP contribution in [0.15, 0.2) is 59.0 Å². The van der Waals surface area contributed by atoms with Crippen LogP contribution in [0.2, 0.25) is 0 Å². The molecular formula is C30H37N5O2. The van der Waals surface area contributed by atoms with Crippen LogP contribution in [-0.2, 0) is 24.3 Å². The van der Waals surface area contributed by atoms with Crippen molar-refractivity contribution in [1.29, 1.82) is 0 Å². The molecule has 1 N–H and O–H groups in total. The molecule has 0 atom stereocenters. The first kappa shape index (κ1) is 25.2. The number of fused-ring (bicyclic) bond motifs is 1. The number of hydrogen-bond acceptors (Lipinski definition) is 5. The molecule has 2 aromatic carbocycles. The third-order valence-corrected chi connectivity index (χ3v) is 7.05. The Kier molecular flexibility index (Phi) is 7.70. The third kappa shape index (κ3) is 6.46. The molecular weight excluding hydrogens is 462 g/mol. The van der Waals surface area contributed by atoms with Crippen molar-refractivity contribution >= 4 is 17.0 Å². The molecule has 1 fully saturated rings. The Morgan fingerprint density at radius 2 is 1.89 bits per heavy atom. The van der Waals surface area contributed by atoms with Crippen molar-refractivity contribution in [3.63, 3.8) is 0 Å². The molecule has 0 bridgehead atoms. The predicted octanol–water partition coefficient (Wildman–Crippen LogP) is 5.44. The summed E-state index contributed by atoms with van der Waals surface area (Å²) >= 11 is 0. The summed E-state index contributed by atoms with van der Waals surface area (Å²) < 4.78 is 7.96. The lowest BCUT2D eigenvalue weighted by atomic mass is 9.93. The van der Waals surface area contributed by atoms with E-state index in [1.165, 1.54) is 11.3 Å². The Balaban J connectivity index is 1.10. The maximum atomic E-state index is 12.7. The summed E-state index contributed by atoms with van der Waals surface area (Å²) in [4.78, 5) is 19.7. The second-order valence-electron chi connectivity index (χ2n) is 10.8.